The van der Waals surface area contributed by atoms with Crippen molar-refractivity contribution in [3.8, 4) is 0 Å². The molecule has 14 atom stereocenters. The van der Waals surface area contributed by atoms with E-state index in [1.807, 2.05) is 59.7 Å². The number of hydrogen-bond donors (Lipinski definition) is 3. The molecule has 10 nitrogen and oxygen atoms in total. The second-order valence-electron chi connectivity index (χ2n) is 16.0. The number of nitrogens with one attached hydrogen (secondary N) is 1. The van der Waals surface area contributed by atoms with Crippen LogP contribution in [0.3, 0.4) is 0 Å². The van der Waals surface area contributed by atoms with Gasteiger partial charge in [-0.1, -0.05) is 59.3 Å². The lowest BCUT2D eigenvalue weighted by Gasteiger charge is -2.47. The molecule has 0 aromatic rings. The molecule has 280 valence electrons. The molecule has 0 amide bonds. The molecule has 2 fully saturated rings. The number of ether oxygens (including phenoxy) is 3. The van der Waals surface area contributed by atoms with Crippen molar-refractivity contribution in [2.45, 2.75) is 130 Å². The van der Waals surface area contributed by atoms with Crippen LogP contribution in [0.1, 0.15) is 87.5 Å². The van der Waals surface area contributed by atoms with Crippen LogP contribution in [0.5, 0.6) is 0 Å². The highest BCUT2D eigenvalue weighted by atomic mass is 16.7. The van der Waals surface area contributed by atoms with E-state index >= 15 is 0 Å². The van der Waals surface area contributed by atoms with Crippen LogP contribution in [0.25, 0.3) is 0 Å². The van der Waals surface area contributed by atoms with Gasteiger partial charge in [-0.05, 0) is 84.0 Å². The lowest BCUT2D eigenvalue weighted by atomic mass is 9.79. The van der Waals surface area contributed by atoms with Crippen LogP contribution in [-0.2, 0) is 23.8 Å². The molecule has 0 aliphatic carbocycles. The van der Waals surface area contributed by atoms with Crippen molar-refractivity contribution in [3.63, 3.8) is 0 Å². The van der Waals surface area contributed by atoms with Crippen molar-refractivity contribution in [3.05, 3.63) is 23.8 Å². The van der Waals surface area contributed by atoms with Crippen LogP contribution in [0.15, 0.2) is 23.8 Å². The number of hydrogen-bond acceptors (Lipinski definition) is 10. The predicted molar refractivity (Wildman–Crippen MR) is 193 cm³/mol. The zero-order chi connectivity index (χ0) is 36.6. The number of rotatable bonds is 8. The summed E-state index contributed by atoms with van der Waals surface area (Å²) in [5.74, 6) is -0.836. The predicted octanol–water partition coefficient (Wildman–Crippen LogP) is 5.11. The minimum absolute atomic E-state index is 0.00838. The Labute approximate surface area is 296 Å². The molecule has 3 N–H and O–H groups in total. The lowest BCUT2D eigenvalue weighted by molar-refractivity contribution is -0.295. The van der Waals surface area contributed by atoms with E-state index in [1.165, 1.54) is 12.6 Å². The van der Waals surface area contributed by atoms with Crippen molar-refractivity contribution in [1.29, 1.82) is 5.41 Å². The number of carbonyl (C=O) groups excluding carboxylic acids is 2. The summed E-state index contributed by atoms with van der Waals surface area (Å²) in [4.78, 5) is 31.4. The van der Waals surface area contributed by atoms with Gasteiger partial charge in [0.2, 0.25) is 0 Å². The lowest BCUT2D eigenvalue weighted by Crippen LogP contribution is -2.60. The SMILES string of the molecule is CCC1OC(=O)C[C@@H](O)[C@H](C)[C@@H](OC2OC(C)C(C)C(N(C)C)C2O)[C@@H](CCN2C[C@H](C)C[C@H](C)C2)C[C@@H](C)C(=O)/C=C/C(C)=C/[C@@H]1C=N. The maximum Gasteiger partial charge on any atom is 0.308 e. The van der Waals surface area contributed by atoms with Gasteiger partial charge in [0.15, 0.2) is 12.1 Å². The molecule has 49 heavy (non-hydrogen) atoms. The largest absolute Gasteiger partial charge is 0.461 e. The maximum absolute atomic E-state index is 13.6. The fourth-order valence-corrected chi connectivity index (χ4v) is 8.41. The smallest absolute Gasteiger partial charge is 0.308 e. The maximum atomic E-state index is 13.6. The third kappa shape index (κ3) is 11.5. The molecule has 3 aliphatic heterocycles. The Morgan fingerprint density at radius 1 is 1.02 bits per heavy atom. The number of aliphatic hydroxyl groups is 2. The van der Waals surface area contributed by atoms with E-state index in [2.05, 4.69) is 25.7 Å². The fraction of sp³-hybridized carbons (Fsp3) is 0.821. The number of piperidine rings is 1. The van der Waals surface area contributed by atoms with E-state index < -0.39 is 48.5 Å². The number of likely N-dealkylation sites (tertiary alicyclic amines) is 1. The molecule has 0 radical (unpaired) electrons. The van der Waals surface area contributed by atoms with Crippen LogP contribution in [0, 0.1) is 46.8 Å². The van der Waals surface area contributed by atoms with Crippen LogP contribution >= 0.6 is 0 Å². The van der Waals surface area contributed by atoms with Gasteiger partial charge in [0, 0.05) is 49.0 Å². The first kappa shape index (κ1) is 41.5. The molecule has 3 aliphatic rings. The molecular formula is C39H67N3O7. The summed E-state index contributed by atoms with van der Waals surface area (Å²) < 4.78 is 19.0. The third-order valence-electron chi connectivity index (χ3n) is 11.3. The Balaban J connectivity index is 2.05. The van der Waals surface area contributed by atoms with E-state index in [0.29, 0.717) is 24.7 Å². The molecule has 0 aromatic carbocycles. The van der Waals surface area contributed by atoms with Crippen LogP contribution in [0.4, 0.5) is 0 Å². The van der Waals surface area contributed by atoms with Crippen LogP contribution in [-0.4, -0.2) is 115 Å². The molecule has 3 rings (SSSR count). The number of ketones is 1. The Kier molecular flexibility index (Phi) is 16.1. The quantitative estimate of drug-likeness (QED) is 0.235. The average Bonchev–Trinajstić information content (AvgIpc) is 3.03. The van der Waals surface area contributed by atoms with Crippen LogP contribution < -0.4 is 0 Å². The number of nitrogens with zero attached hydrogens (tertiary/aromatic N) is 2. The summed E-state index contributed by atoms with van der Waals surface area (Å²) in [5.41, 5.74) is 0.803. The molecule has 2 saturated heterocycles. The number of aliphatic hydroxyl groups excluding tert-OH is 2. The number of likely N-dealkylation sites (N-methyl/N-ethyl adjacent to an activating group) is 1. The fourth-order valence-electron chi connectivity index (χ4n) is 8.41. The van der Waals surface area contributed by atoms with Crippen molar-refractivity contribution in [2.75, 3.05) is 33.7 Å². The molecule has 10 heteroatoms. The Hall–Kier alpha value is -1.95. The summed E-state index contributed by atoms with van der Waals surface area (Å²) in [6.45, 7) is 19.1. The summed E-state index contributed by atoms with van der Waals surface area (Å²) in [6.07, 6.45) is 4.75. The zero-order valence-corrected chi connectivity index (χ0v) is 31.9. The molecule has 0 bridgehead atoms. The minimum Gasteiger partial charge on any atom is -0.461 e. The van der Waals surface area contributed by atoms with E-state index in [9.17, 15) is 19.8 Å². The van der Waals surface area contributed by atoms with Gasteiger partial charge in [0.25, 0.3) is 0 Å². The summed E-state index contributed by atoms with van der Waals surface area (Å²) in [7, 11) is 3.88. The Morgan fingerprint density at radius 2 is 1.67 bits per heavy atom. The standard InChI is InChI=1S/C39H67N3O7/c1-11-34-31(20-40)17-23(2)12-13-32(43)26(5)18-30(14-15-42-21-24(3)16-25(4)22-42)38(28(7)33(44)19-35(45)48-34)49-39-37(46)36(41(9)10)27(6)29(8)47-39/h12-13,17,20,24-31,33-34,36-40,44,46H,11,14-16,18-19,21-22H2,1-10H3/b13-12+,23-17+,40-20?/t24-,25+,26-,27?,28+,29?,30+,31-,33-,34?,36?,37?,38-,39?/m1/s1. The molecule has 6 unspecified atom stereocenters. The second-order valence-corrected chi connectivity index (χ2v) is 16.0. The van der Waals surface area contributed by atoms with Gasteiger partial charge < -0.3 is 39.6 Å². The first-order valence-electron chi connectivity index (χ1n) is 18.7. The molecule has 0 spiro atoms. The average molecular weight is 690 g/mol. The van der Waals surface area contributed by atoms with E-state index in [1.54, 1.807) is 12.2 Å². The van der Waals surface area contributed by atoms with Gasteiger partial charge in [0.05, 0.1) is 24.7 Å². The number of cyclic esters (lactones) is 1. The van der Waals surface area contributed by atoms with Crippen molar-refractivity contribution in [2.24, 2.45) is 41.4 Å². The van der Waals surface area contributed by atoms with Gasteiger partial charge in [-0.2, -0.15) is 0 Å². The molecule has 3 heterocycles. The van der Waals surface area contributed by atoms with E-state index in [-0.39, 0.29) is 42.1 Å². The molecule has 0 saturated carbocycles. The first-order chi connectivity index (χ1) is 23.1. The van der Waals surface area contributed by atoms with Crippen molar-refractivity contribution < 1.29 is 34.0 Å². The molecular weight excluding hydrogens is 622 g/mol. The Bertz CT molecular complexity index is 1130. The highest BCUT2D eigenvalue weighted by Crippen LogP contribution is 2.36. The van der Waals surface area contributed by atoms with Crippen LogP contribution in [0.2, 0.25) is 0 Å². The van der Waals surface area contributed by atoms with Gasteiger partial charge in [0.1, 0.15) is 12.2 Å². The highest BCUT2D eigenvalue weighted by molar-refractivity contribution is 5.91. The van der Waals surface area contributed by atoms with E-state index in [4.69, 9.17) is 19.6 Å². The van der Waals surface area contributed by atoms with Gasteiger partial charge in [-0.25, -0.2) is 0 Å². The van der Waals surface area contributed by atoms with Crippen molar-refractivity contribution >= 4 is 18.0 Å². The van der Waals surface area contributed by atoms with E-state index in [0.717, 1.165) is 31.6 Å². The first-order valence-corrected chi connectivity index (χ1v) is 18.7. The Morgan fingerprint density at radius 3 is 2.27 bits per heavy atom. The second kappa shape index (κ2) is 19.0. The zero-order valence-electron chi connectivity index (χ0n) is 31.9. The third-order valence-corrected chi connectivity index (χ3v) is 11.3. The highest BCUT2D eigenvalue weighted by Gasteiger charge is 2.46. The normalized spacial score (nSPS) is 42.7. The van der Waals surface area contributed by atoms with Crippen molar-refractivity contribution in [1.82, 2.24) is 9.80 Å². The molecule has 0 aromatic heterocycles. The topological polar surface area (TPSA) is 133 Å². The summed E-state index contributed by atoms with van der Waals surface area (Å²) in [6, 6.07) is -0.209. The minimum atomic E-state index is -1.11. The van der Waals surface area contributed by atoms with Gasteiger partial charge in [-0.3, -0.25) is 9.59 Å². The van der Waals surface area contributed by atoms with Gasteiger partial charge in [-0.15, -0.1) is 0 Å². The van der Waals surface area contributed by atoms with Gasteiger partial charge >= 0.3 is 5.97 Å². The number of allylic oxidation sites excluding steroid dienone is 3. The monoisotopic (exact) mass is 689 g/mol. The number of carbonyl (C=O) groups is 2. The number of esters is 1. The summed E-state index contributed by atoms with van der Waals surface area (Å²) in [5, 5.41) is 31.3. The summed E-state index contributed by atoms with van der Waals surface area (Å²) >= 11 is 0.